The van der Waals surface area contributed by atoms with Gasteiger partial charge >= 0.3 is 66.9 Å². The van der Waals surface area contributed by atoms with Crippen LogP contribution in [0.1, 0.15) is 6.92 Å². The molecule has 1 atom stereocenters. The number of phosphoric acid groups is 2. The molecule has 0 aliphatic rings. The van der Waals surface area contributed by atoms with Gasteiger partial charge in [-0.25, -0.2) is 8.88 Å². The average Bonchev–Trinajstić information content (AvgIpc) is 1.47. The molecule has 0 spiro atoms. The van der Waals surface area contributed by atoms with Crippen molar-refractivity contribution in [3.63, 3.8) is 0 Å². The van der Waals surface area contributed by atoms with Crippen LogP contribution >= 0.6 is 15.6 Å². The number of carboxylic acid groups (broad SMARTS) is 1. The van der Waals surface area contributed by atoms with E-state index < -0.39 is 21.6 Å². The second-order valence-corrected chi connectivity index (χ2v) is 4.10. The molecule has 0 heterocycles. The second kappa shape index (κ2) is 10.9. The number of carboxylic acids is 1. The second-order valence-electron chi connectivity index (χ2n) is 1.53. The molecule has 0 aromatic rings. The Labute approximate surface area is 129 Å². The third-order valence-electron chi connectivity index (χ3n) is 0.210. The summed E-state index contributed by atoms with van der Waals surface area (Å²) in [5.74, 6) is -1.08. The predicted octanol–water partition coefficient (Wildman–Crippen LogP) is -8.68. The molecule has 0 rings (SSSR count). The first kappa shape index (κ1) is 25.5. The molecule has 0 aliphatic heterocycles. The number of rotatable bonds is 2. The Morgan fingerprint density at radius 2 is 1.40 bits per heavy atom. The molecule has 9 nitrogen and oxygen atoms in total. The quantitative estimate of drug-likeness (QED) is 0.329. The topological polar surface area (TPSA) is 167 Å². The van der Waals surface area contributed by atoms with E-state index in [1.54, 1.807) is 0 Å². The summed E-state index contributed by atoms with van der Waals surface area (Å²) in [7, 11) is -10.4. The molecule has 0 aliphatic carbocycles. The van der Waals surface area contributed by atoms with Gasteiger partial charge in [0.15, 0.2) is 0 Å². The maximum atomic E-state index is 9.59. The maximum Gasteiger partial charge on any atom is 1.00 e. The molecule has 1 unspecified atom stereocenters. The fraction of sp³-hybridized carbons (Fsp3) is 0.500. The van der Waals surface area contributed by atoms with Crippen molar-refractivity contribution in [3.05, 3.63) is 0 Å². The summed E-state index contributed by atoms with van der Waals surface area (Å²) in [5.41, 5.74) is 0. The van der Waals surface area contributed by atoms with Crippen LogP contribution < -0.4 is 69.1 Å². The van der Waals surface area contributed by atoms with Crippen LogP contribution in [0.4, 0.5) is 0 Å². The van der Waals surface area contributed by atoms with Crippen molar-refractivity contribution < 1.29 is 102 Å². The van der Waals surface area contributed by atoms with Gasteiger partial charge in [-0.15, -0.1) is 0 Å². The minimum atomic E-state index is -5.30. The SMILES string of the molecule is CC(=O)[O-].O=P([O-])(O)OP(=O)(O)O.[Na+].[Na+]. The molecular formula is C2H6Na2O9P2. The molecule has 15 heavy (non-hydrogen) atoms. The zero-order chi connectivity index (χ0) is 11.3. The van der Waals surface area contributed by atoms with Crippen molar-refractivity contribution in [1.29, 1.82) is 0 Å². The van der Waals surface area contributed by atoms with Crippen LogP contribution in [0, 0.1) is 0 Å². The van der Waals surface area contributed by atoms with Gasteiger partial charge in [-0.05, 0) is 6.92 Å². The molecule has 0 aromatic carbocycles. The van der Waals surface area contributed by atoms with Gasteiger partial charge in [0.25, 0.3) is 7.82 Å². The van der Waals surface area contributed by atoms with Crippen LogP contribution in [-0.4, -0.2) is 20.6 Å². The standard InChI is InChI=1S/C2H4O2.2Na.H4O7P2/c1-2(3)4;;;1-8(2,3)7-9(4,5)6/h1H3,(H,3,4);;;(H2,1,2,3)(H2,4,5,6)/q;2*+1;/p-2. The van der Waals surface area contributed by atoms with Crippen LogP contribution in [0.3, 0.4) is 0 Å². The Morgan fingerprint density at radius 1 is 1.20 bits per heavy atom. The van der Waals surface area contributed by atoms with Crippen LogP contribution in [0.15, 0.2) is 0 Å². The van der Waals surface area contributed by atoms with E-state index in [2.05, 4.69) is 4.31 Å². The fourth-order valence-electron chi connectivity index (χ4n) is 0.134. The Balaban J connectivity index is -0.0000000883. The first-order chi connectivity index (χ1) is 5.44. The van der Waals surface area contributed by atoms with Crippen LogP contribution in [0.25, 0.3) is 0 Å². The van der Waals surface area contributed by atoms with Gasteiger partial charge in [0.2, 0.25) is 0 Å². The van der Waals surface area contributed by atoms with Gasteiger partial charge in [-0.3, -0.25) is 4.57 Å². The number of aliphatic carboxylic acids is 1. The van der Waals surface area contributed by atoms with E-state index >= 15 is 0 Å². The molecule has 13 heteroatoms. The first-order valence-corrected chi connectivity index (χ1v) is 5.45. The Bertz CT molecular complexity index is 229. The van der Waals surface area contributed by atoms with Crippen molar-refractivity contribution in [2.24, 2.45) is 0 Å². The molecular weight excluding hydrogens is 276 g/mol. The van der Waals surface area contributed by atoms with E-state index in [1.165, 1.54) is 0 Å². The summed E-state index contributed by atoms with van der Waals surface area (Å²) in [6, 6.07) is 0. The Morgan fingerprint density at radius 3 is 1.40 bits per heavy atom. The Kier molecular flexibility index (Phi) is 18.5. The summed E-state index contributed by atoms with van der Waals surface area (Å²) in [6.07, 6.45) is 0. The maximum absolute atomic E-state index is 9.59. The third kappa shape index (κ3) is 49.6. The van der Waals surface area contributed by atoms with Crippen LogP contribution in [0.2, 0.25) is 0 Å². The first-order valence-electron chi connectivity index (χ1n) is 2.42. The van der Waals surface area contributed by atoms with Crippen molar-refractivity contribution in [2.75, 3.05) is 0 Å². The fourth-order valence-corrected chi connectivity index (χ4v) is 1.21. The molecule has 3 N–H and O–H groups in total. The van der Waals surface area contributed by atoms with Crippen LogP contribution in [0.5, 0.6) is 0 Å². The number of hydrogen-bond acceptors (Lipinski definition) is 6. The van der Waals surface area contributed by atoms with Crippen molar-refractivity contribution in [2.45, 2.75) is 6.92 Å². The van der Waals surface area contributed by atoms with E-state index in [4.69, 9.17) is 24.6 Å². The van der Waals surface area contributed by atoms with Gasteiger partial charge in [-0.2, -0.15) is 0 Å². The predicted molar refractivity (Wildman–Crippen MR) is 33.6 cm³/mol. The van der Waals surface area contributed by atoms with E-state index in [0.717, 1.165) is 6.92 Å². The van der Waals surface area contributed by atoms with Crippen molar-refractivity contribution in [1.82, 2.24) is 0 Å². The van der Waals surface area contributed by atoms with Gasteiger partial charge < -0.3 is 29.5 Å². The van der Waals surface area contributed by atoms with E-state index in [0.29, 0.717) is 0 Å². The van der Waals surface area contributed by atoms with Gasteiger partial charge in [0.05, 0.1) is 0 Å². The van der Waals surface area contributed by atoms with Crippen LogP contribution in [-0.2, 0) is 18.2 Å². The van der Waals surface area contributed by atoms with E-state index in [-0.39, 0.29) is 59.1 Å². The third-order valence-corrected chi connectivity index (χ3v) is 1.89. The Hall–Kier alpha value is 1.73. The summed E-state index contributed by atoms with van der Waals surface area (Å²) in [5, 5.41) is 8.89. The minimum absolute atomic E-state index is 0. The van der Waals surface area contributed by atoms with Gasteiger partial charge in [0, 0.05) is 5.97 Å². The van der Waals surface area contributed by atoms with Gasteiger partial charge in [-0.1, -0.05) is 0 Å². The van der Waals surface area contributed by atoms with E-state index in [1.807, 2.05) is 0 Å². The molecule has 0 fully saturated rings. The number of carbonyl (C=O) groups is 1. The zero-order valence-corrected chi connectivity index (χ0v) is 14.0. The molecule has 0 saturated carbocycles. The average molecular weight is 282 g/mol. The number of carbonyl (C=O) groups excluding carboxylic acids is 1. The minimum Gasteiger partial charge on any atom is -0.756 e. The summed E-state index contributed by atoms with van der Waals surface area (Å²) < 4.78 is 21.9. The summed E-state index contributed by atoms with van der Waals surface area (Å²) in [6.45, 7) is 0.972. The molecule has 0 aromatic heterocycles. The monoisotopic (exact) mass is 282 g/mol. The zero-order valence-electron chi connectivity index (χ0n) is 8.19. The summed E-state index contributed by atoms with van der Waals surface area (Å²) in [4.78, 5) is 41.5. The molecule has 0 amide bonds. The molecule has 0 bridgehead atoms. The van der Waals surface area contributed by atoms with Crippen molar-refractivity contribution >= 4 is 21.6 Å². The molecule has 0 saturated heterocycles. The molecule has 80 valence electrons. The molecule has 0 radical (unpaired) electrons. The largest absolute Gasteiger partial charge is 1.00 e. The number of hydrogen-bond donors (Lipinski definition) is 3. The summed E-state index contributed by atoms with van der Waals surface area (Å²) >= 11 is 0. The van der Waals surface area contributed by atoms with Crippen molar-refractivity contribution in [3.8, 4) is 0 Å². The normalized spacial score (nSPS) is 13.1. The van der Waals surface area contributed by atoms with Gasteiger partial charge in [0.1, 0.15) is 0 Å². The smallest absolute Gasteiger partial charge is 0.756 e. The van der Waals surface area contributed by atoms with E-state index in [9.17, 15) is 14.0 Å².